The fourth-order valence-electron chi connectivity index (χ4n) is 5.25. The highest BCUT2D eigenvalue weighted by Gasteiger charge is 2.31. The molecule has 1 amide bonds. The van der Waals surface area contributed by atoms with E-state index in [1.165, 1.54) is 24.5 Å². The van der Waals surface area contributed by atoms with Gasteiger partial charge in [0.05, 0.1) is 12.2 Å². The molecule has 1 saturated carbocycles. The lowest BCUT2D eigenvalue weighted by Gasteiger charge is -2.32. The largest absolute Gasteiger partial charge is 0.383 e. The molecule has 2 fully saturated rings. The molecule has 1 aliphatic heterocycles. The van der Waals surface area contributed by atoms with Crippen LogP contribution in [-0.2, 0) is 17.8 Å². The highest BCUT2D eigenvalue weighted by molar-refractivity contribution is 6.08. The van der Waals surface area contributed by atoms with Crippen LogP contribution < -0.4 is 5.73 Å². The maximum atomic E-state index is 14.5. The van der Waals surface area contributed by atoms with Crippen molar-refractivity contribution in [1.29, 1.82) is 0 Å². The number of ether oxygens (including phenoxy) is 1. The first-order chi connectivity index (χ1) is 16.1. The van der Waals surface area contributed by atoms with Crippen molar-refractivity contribution in [1.82, 2.24) is 9.47 Å². The first-order valence-electron chi connectivity index (χ1n) is 12.0. The molecule has 33 heavy (non-hydrogen) atoms. The fourth-order valence-corrected chi connectivity index (χ4v) is 5.25. The maximum Gasteiger partial charge on any atom is 0.256 e. The van der Waals surface area contributed by atoms with Crippen LogP contribution in [0.4, 0.5) is 4.39 Å². The van der Waals surface area contributed by atoms with Crippen molar-refractivity contribution in [2.45, 2.75) is 50.6 Å². The average molecular weight is 450 g/mol. The summed E-state index contributed by atoms with van der Waals surface area (Å²) in [5.41, 5.74) is 10.6. The van der Waals surface area contributed by atoms with Crippen molar-refractivity contribution < 1.29 is 13.9 Å². The van der Waals surface area contributed by atoms with Gasteiger partial charge in [-0.1, -0.05) is 24.3 Å². The molecule has 1 saturated heterocycles. The fraction of sp³-hybridized carbons (Fsp3) is 0.444. The molecule has 2 aliphatic rings. The van der Waals surface area contributed by atoms with Crippen molar-refractivity contribution in [3.63, 3.8) is 0 Å². The zero-order valence-electron chi connectivity index (χ0n) is 19.2. The monoisotopic (exact) mass is 449 g/mol. The number of carbonyl (C=O) groups is 1. The van der Waals surface area contributed by atoms with Crippen LogP contribution in [0.5, 0.6) is 0 Å². The minimum atomic E-state index is -0.174. The normalized spacial score (nSPS) is 17.1. The molecule has 0 unspecified atom stereocenters. The highest BCUT2D eigenvalue weighted by Crippen LogP contribution is 2.44. The van der Waals surface area contributed by atoms with Gasteiger partial charge in [0.15, 0.2) is 0 Å². The number of nitrogens with zero attached hydrogens (tertiary/aromatic N) is 2. The molecule has 2 aromatic carbocycles. The Kier molecular flexibility index (Phi) is 6.21. The summed E-state index contributed by atoms with van der Waals surface area (Å²) in [6.07, 6.45) is 5.90. The van der Waals surface area contributed by atoms with Crippen LogP contribution in [0, 0.1) is 5.82 Å². The van der Waals surface area contributed by atoms with E-state index in [2.05, 4.69) is 22.8 Å². The SMILES string of the molecule is COCCn1cc(C(=O)N2CCC(c3cc(CN)ccc3F)CC2)c2c(C3CC3)cccc21. The number of hydrogen-bond acceptors (Lipinski definition) is 3. The second kappa shape index (κ2) is 9.27. The summed E-state index contributed by atoms with van der Waals surface area (Å²) in [6.45, 7) is 2.98. The van der Waals surface area contributed by atoms with Gasteiger partial charge in [0.25, 0.3) is 5.91 Å². The third-order valence-electron chi connectivity index (χ3n) is 7.24. The quantitative estimate of drug-likeness (QED) is 0.565. The summed E-state index contributed by atoms with van der Waals surface area (Å²) in [5.74, 6) is 0.582. The molecule has 6 heteroatoms. The van der Waals surface area contributed by atoms with Crippen LogP contribution in [0.2, 0.25) is 0 Å². The summed E-state index contributed by atoms with van der Waals surface area (Å²) >= 11 is 0. The van der Waals surface area contributed by atoms with Crippen LogP contribution in [0.1, 0.15) is 64.6 Å². The number of halogens is 1. The minimum absolute atomic E-state index is 0.0823. The molecular formula is C27H32FN3O2. The second-order valence-electron chi connectivity index (χ2n) is 9.37. The molecule has 3 aromatic rings. The summed E-state index contributed by atoms with van der Waals surface area (Å²) < 4.78 is 21.9. The third kappa shape index (κ3) is 4.30. The van der Waals surface area contributed by atoms with E-state index in [1.807, 2.05) is 17.2 Å². The van der Waals surface area contributed by atoms with E-state index >= 15 is 0 Å². The summed E-state index contributed by atoms with van der Waals surface area (Å²) in [7, 11) is 1.70. The summed E-state index contributed by atoms with van der Waals surface area (Å²) in [5, 5.41) is 1.10. The van der Waals surface area contributed by atoms with E-state index in [9.17, 15) is 9.18 Å². The molecule has 0 bridgehead atoms. The number of carbonyl (C=O) groups excluding carboxylic acids is 1. The number of hydrogen-bond donors (Lipinski definition) is 1. The van der Waals surface area contributed by atoms with Gasteiger partial charge in [0.2, 0.25) is 0 Å². The third-order valence-corrected chi connectivity index (χ3v) is 7.24. The van der Waals surface area contributed by atoms with Gasteiger partial charge in [-0.2, -0.15) is 0 Å². The Morgan fingerprint density at radius 1 is 1.09 bits per heavy atom. The molecule has 174 valence electrons. The molecular weight excluding hydrogens is 417 g/mol. The lowest BCUT2D eigenvalue weighted by Crippen LogP contribution is -2.38. The van der Waals surface area contributed by atoms with Gasteiger partial charge in [-0.25, -0.2) is 4.39 Å². The molecule has 1 aliphatic carbocycles. The van der Waals surface area contributed by atoms with Crippen molar-refractivity contribution >= 4 is 16.8 Å². The van der Waals surface area contributed by atoms with E-state index in [-0.39, 0.29) is 17.6 Å². The van der Waals surface area contributed by atoms with Crippen molar-refractivity contribution in [3.8, 4) is 0 Å². The molecule has 5 nitrogen and oxygen atoms in total. The molecule has 0 radical (unpaired) electrons. The van der Waals surface area contributed by atoms with E-state index in [4.69, 9.17) is 10.5 Å². The first-order valence-corrected chi connectivity index (χ1v) is 12.0. The zero-order valence-corrected chi connectivity index (χ0v) is 19.2. The zero-order chi connectivity index (χ0) is 22.9. The van der Waals surface area contributed by atoms with E-state index in [0.29, 0.717) is 38.7 Å². The Morgan fingerprint density at radius 3 is 2.55 bits per heavy atom. The predicted molar refractivity (Wildman–Crippen MR) is 128 cm³/mol. The number of benzene rings is 2. The standard InChI is InChI=1S/C27H32FN3O2/c1-33-14-13-31-17-23(26-21(19-6-7-19)3-2-4-25(26)31)27(32)30-11-9-20(10-12-30)22-15-18(16-29)5-8-24(22)28/h2-5,8,15,17,19-20H,6-7,9-14,16,29H2,1H3. The van der Waals surface area contributed by atoms with E-state index in [1.54, 1.807) is 13.2 Å². The van der Waals surface area contributed by atoms with Gasteiger partial charge in [-0.15, -0.1) is 0 Å². The van der Waals surface area contributed by atoms with Crippen LogP contribution in [0.25, 0.3) is 10.9 Å². The summed E-state index contributed by atoms with van der Waals surface area (Å²) in [6, 6.07) is 11.5. The number of piperidine rings is 1. The second-order valence-corrected chi connectivity index (χ2v) is 9.37. The Labute approximate surface area is 194 Å². The molecule has 1 aromatic heterocycles. The number of nitrogens with two attached hydrogens (primary N) is 1. The van der Waals surface area contributed by atoms with Crippen molar-refractivity contribution in [2.24, 2.45) is 5.73 Å². The van der Waals surface area contributed by atoms with Crippen LogP contribution in [0.15, 0.2) is 42.6 Å². The molecule has 2 N–H and O–H groups in total. The molecule has 0 atom stereocenters. The number of likely N-dealkylation sites (tertiary alicyclic amines) is 1. The number of rotatable bonds is 7. The Balaban J connectivity index is 1.40. The van der Waals surface area contributed by atoms with Gasteiger partial charge in [-0.05, 0) is 66.3 Å². The predicted octanol–water partition coefficient (Wildman–Crippen LogP) is 4.78. The van der Waals surface area contributed by atoms with E-state index in [0.717, 1.165) is 40.4 Å². The van der Waals surface area contributed by atoms with Crippen molar-refractivity contribution in [3.05, 3.63) is 70.7 Å². The molecule has 5 rings (SSSR count). The number of fused-ring (bicyclic) bond motifs is 1. The average Bonchev–Trinajstić information content (AvgIpc) is 3.63. The maximum absolute atomic E-state index is 14.5. The number of methoxy groups -OCH3 is 1. The smallest absolute Gasteiger partial charge is 0.256 e. The van der Waals surface area contributed by atoms with Gasteiger partial charge < -0.3 is 19.9 Å². The van der Waals surface area contributed by atoms with Gasteiger partial charge in [-0.3, -0.25) is 4.79 Å². The topological polar surface area (TPSA) is 60.5 Å². The Hall–Kier alpha value is -2.70. The number of aromatic nitrogens is 1. The molecule has 2 heterocycles. The van der Waals surface area contributed by atoms with E-state index < -0.39 is 0 Å². The lowest BCUT2D eigenvalue weighted by atomic mass is 9.88. The first kappa shape index (κ1) is 22.1. The Bertz CT molecular complexity index is 1160. The number of amides is 1. The van der Waals surface area contributed by atoms with Gasteiger partial charge in [0, 0.05) is 50.4 Å². The van der Waals surface area contributed by atoms with Crippen molar-refractivity contribution in [2.75, 3.05) is 26.8 Å². The van der Waals surface area contributed by atoms with Crippen LogP contribution in [-0.4, -0.2) is 42.2 Å². The van der Waals surface area contributed by atoms with Gasteiger partial charge in [0.1, 0.15) is 5.82 Å². The van der Waals surface area contributed by atoms with Gasteiger partial charge >= 0.3 is 0 Å². The Morgan fingerprint density at radius 2 is 1.85 bits per heavy atom. The van der Waals surface area contributed by atoms with Crippen LogP contribution >= 0.6 is 0 Å². The lowest BCUT2D eigenvalue weighted by molar-refractivity contribution is 0.0714. The summed E-state index contributed by atoms with van der Waals surface area (Å²) in [4.78, 5) is 15.6. The molecule has 0 spiro atoms. The minimum Gasteiger partial charge on any atom is -0.383 e. The van der Waals surface area contributed by atoms with Crippen LogP contribution in [0.3, 0.4) is 0 Å². The highest BCUT2D eigenvalue weighted by atomic mass is 19.1.